The molecule has 0 aliphatic rings. The summed E-state index contributed by atoms with van der Waals surface area (Å²) in [6, 6.07) is 4.05. The molecule has 0 aliphatic heterocycles. The molecule has 17 heavy (non-hydrogen) atoms. The van der Waals surface area contributed by atoms with Crippen LogP contribution in [0.3, 0.4) is 0 Å². The minimum absolute atomic E-state index is 0.0697. The van der Waals surface area contributed by atoms with Crippen LogP contribution in [0, 0.1) is 5.82 Å². The smallest absolute Gasteiger partial charge is 0.388 e. The van der Waals surface area contributed by atoms with Gasteiger partial charge in [0, 0.05) is 12.0 Å². The molecule has 6 heteroatoms. The average molecular weight is 271 g/mol. The van der Waals surface area contributed by atoms with Crippen LogP contribution in [0.2, 0.25) is 5.02 Å². The molecule has 0 spiro atoms. The van der Waals surface area contributed by atoms with Crippen LogP contribution < -0.4 is 0 Å². The van der Waals surface area contributed by atoms with Gasteiger partial charge in [-0.3, -0.25) is 0 Å². The van der Waals surface area contributed by atoms with Crippen LogP contribution in [0.5, 0.6) is 0 Å². The summed E-state index contributed by atoms with van der Waals surface area (Å²) in [5.41, 5.74) is -0.0697. The van der Waals surface area contributed by atoms with Crippen molar-refractivity contribution in [2.75, 3.05) is 0 Å². The van der Waals surface area contributed by atoms with E-state index in [1.165, 1.54) is 18.2 Å². The van der Waals surface area contributed by atoms with E-state index in [1.54, 1.807) is 0 Å². The van der Waals surface area contributed by atoms with E-state index in [-0.39, 0.29) is 23.4 Å². The van der Waals surface area contributed by atoms with Crippen molar-refractivity contribution in [3.63, 3.8) is 0 Å². The Kier molecular flexibility index (Phi) is 4.77. The zero-order chi connectivity index (χ0) is 13.1. The van der Waals surface area contributed by atoms with E-state index in [2.05, 4.69) is 0 Å². The first kappa shape index (κ1) is 14.3. The van der Waals surface area contributed by atoms with Gasteiger partial charge in [0.2, 0.25) is 0 Å². The summed E-state index contributed by atoms with van der Waals surface area (Å²) in [4.78, 5) is 0. The fourth-order valence-electron chi connectivity index (χ4n) is 1.43. The second kappa shape index (κ2) is 5.69. The lowest BCUT2D eigenvalue weighted by Gasteiger charge is -2.13. The van der Waals surface area contributed by atoms with Crippen LogP contribution >= 0.6 is 11.6 Å². The Morgan fingerprint density at radius 3 is 2.53 bits per heavy atom. The molecule has 1 rings (SSSR count). The molecule has 0 aliphatic carbocycles. The zero-order valence-electron chi connectivity index (χ0n) is 8.77. The quantitative estimate of drug-likeness (QED) is 0.811. The Morgan fingerprint density at radius 2 is 1.94 bits per heavy atom. The normalized spacial score (nSPS) is 13.8. The van der Waals surface area contributed by atoms with Gasteiger partial charge in [-0.05, 0) is 18.9 Å². The van der Waals surface area contributed by atoms with Crippen molar-refractivity contribution < 1.29 is 22.7 Å². The molecule has 1 nitrogen and oxygen atoms in total. The molecule has 0 saturated heterocycles. The Morgan fingerprint density at radius 1 is 1.29 bits per heavy atom. The molecule has 0 bridgehead atoms. The van der Waals surface area contributed by atoms with Crippen molar-refractivity contribution in [2.45, 2.75) is 31.5 Å². The van der Waals surface area contributed by atoms with Gasteiger partial charge in [-0.15, -0.1) is 0 Å². The molecule has 1 N–H and O–H groups in total. The van der Waals surface area contributed by atoms with E-state index in [1.807, 2.05) is 0 Å². The highest BCUT2D eigenvalue weighted by atomic mass is 35.5. The van der Waals surface area contributed by atoms with E-state index in [0.717, 1.165) is 0 Å². The molecule has 0 saturated carbocycles. The number of aliphatic hydroxyl groups excluding tert-OH is 1. The molecule has 96 valence electrons. The van der Waals surface area contributed by atoms with Gasteiger partial charge in [0.05, 0.1) is 11.1 Å². The third-order valence-corrected chi connectivity index (χ3v) is 2.57. The molecule has 0 aromatic heterocycles. The van der Waals surface area contributed by atoms with Gasteiger partial charge in [0.15, 0.2) is 0 Å². The Balaban J connectivity index is 2.58. The minimum atomic E-state index is -4.26. The largest absolute Gasteiger partial charge is 0.389 e. The number of benzene rings is 1. The highest BCUT2D eigenvalue weighted by Crippen LogP contribution is 2.29. The fourth-order valence-corrected chi connectivity index (χ4v) is 1.61. The molecular weight excluding hydrogens is 260 g/mol. The number of hydrogen-bond donors (Lipinski definition) is 1. The van der Waals surface area contributed by atoms with Gasteiger partial charge in [-0.25, -0.2) is 4.39 Å². The van der Waals surface area contributed by atoms with E-state index in [0.29, 0.717) is 0 Å². The Hall–Kier alpha value is -0.810. The first-order valence-electron chi connectivity index (χ1n) is 5.00. The topological polar surface area (TPSA) is 20.2 Å². The van der Waals surface area contributed by atoms with E-state index in [4.69, 9.17) is 11.6 Å². The van der Waals surface area contributed by atoms with Gasteiger partial charge >= 0.3 is 6.18 Å². The predicted molar refractivity (Wildman–Crippen MR) is 56.3 cm³/mol. The minimum Gasteiger partial charge on any atom is -0.388 e. The number of aliphatic hydroxyl groups is 1. The Labute approximate surface area is 101 Å². The Bertz CT molecular complexity index is 378. The van der Waals surface area contributed by atoms with Crippen molar-refractivity contribution in [1.82, 2.24) is 0 Å². The number of rotatable bonds is 4. The highest BCUT2D eigenvalue weighted by molar-refractivity contribution is 6.30. The maximum atomic E-state index is 13.4. The molecular formula is C11H11ClF4O. The molecule has 1 aromatic carbocycles. The van der Waals surface area contributed by atoms with Gasteiger partial charge < -0.3 is 5.11 Å². The van der Waals surface area contributed by atoms with Crippen LogP contribution in [0.1, 0.15) is 30.9 Å². The molecule has 1 aromatic rings. The van der Waals surface area contributed by atoms with Crippen molar-refractivity contribution in [3.8, 4) is 0 Å². The maximum absolute atomic E-state index is 13.4. The van der Waals surface area contributed by atoms with Gasteiger partial charge in [0.1, 0.15) is 5.82 Å². The predicted octanol–water partition coefficient (Wildman–Crippen LogP) is 4.25. The molecule has 1 atom stereocenters. The third-order valence-electron chi connectivity index (χ3n) is 2.28. The third kappa shape index (κ3) is 4.52. The molecule has 0 heterocycles. The number of alkyl halides is 3. The molecule has 0 radical (unpaired) electrons. The number of hydrogen-bond acceptors (Lipinski definition) is 1. The van der Waals surface area contributed by atoms with Gasteiger partial charge in [0.25, 0.3) is 0 Å². The lowest BCUT2D eigenvalue weighted by molar-refractivity contribution is -0.136. The lowest BCUT2D eigenvalue weighted by Crippen LogP contribution is -2.08. The summed E-state index contributed by atoms with van der Waals surface area (Å²) >= 11 is 5.50. The monoisotopic (exact) mass is 270 g/mol. The van der Waals surface area contributed by atoms with Crippen molar-refractivity contribution >= 4 is 11.6 Å². The summed E-state index contributed by atoms with van der Waals surface area (Å²) in [7, 11) is 0. The summed E-state index contributed by atoms with van der Waals surface area (Å²) in [6.07, 6.45) is -6.93. The SMILES string of the molecule is OC(CCCC(F)(F)F)c1cccc(Cl)c1F. The fraction of sp³-hybridized carbons (Fsp3) is 0.455. The van der Waals surface area contributed by atoms with Crippen LogP contribution in [-0.4, -0.2) is 11.3 Å². The lowest BCUT2D eigenvalue weighted by atomic mass is 10.0. The van der Waals surface area contributed by atoms with E-state index in [9.17, 15) is 22.7 Å². The van der Waals surface area contributed by atoms with E-state index >= 15 is 0 Å². The molecule has 1 unspecified atom stereocenters. The summed E-state index contributed by atoms with van der Waals surface area (Å²) in [5.74, 6) is -0.784. The van der Waals surface area contributed by atoms with Crippen molar-refractivity contribution in [3.05, 3.63) is 34.6 Å². The average Bonchev–Trinajstić information content (AvgIpc) is 2.20. The molecule has 0 amide bonds. The van der Waals surface area contributed by atoms with Crippen LogP contribution in [0.25, 0.3) is 0 Å². The standard InChI is InChI=1S/C11H11ClF4O/c12-8-4-1-3-7(10(8)13)9(17)5-2-6-11(14,15)16/h1,3-4,9,17H,2,5-6H2. The maximum Gasteiger partial charge on any atom is 0.389 e. The van der Waals surface area contributed by atoms with Crippen LogP contribution in [0.4, 0.5) is 17.6 Å². The second-order valence-corrected chi connectivity index (χ2v) is 4.07. The van der Waals surface area contributed by atoms with Crippen LogP contribution in [-0.2, 0) is 0 Å². The molecule has 0 fully saturated rings. The zero-order valence-corrected chi connectivity index (χ0v) is 9.52. The highest BCUT2D eigenvalue weighted by Gasteiger charge is 2.27. The van der Waals surface area contributed by atoms with Crippen molar-refractivity contribution in [2.24, 2.45) is 0 Å². The van der Waals surface area contributed by atoms with Gasteiger partial charge in [-0.1, -0.05) is 23.7 Å². The summed E-state index contributed by atoms with van der Waals surface area (Å²) < 4.78 is 49.0. The van der Waals surface area contributed by atoms with Crippen LogP contribution in [0.15, 0.2) is 18.2 Å². The second-order valence-electron chi connectivity index (χ2n) is 3.67. The van der Waals surface area contributed by atoms with Gasteiger partial charge in [-0.2, -0.15) is 13.2 Å². The first-order valence-corrected chi connectivity index (χ1v) is 5.38. The number of halogens is 5. The summed E-state index contributed by atoms with van der Waals surface area (Å²) in [5, 5.41) is 9.40. The van der Waals surface area contributed by atoms with Crippen molar-refractivity contribution in [1.29, 1.82) is 0 Å². The first-order chi connectivity index (χ1) is 7.81. The summed E-state index contributed by atoms with van der Waals surface area (Å²) in [6.45, 7) is 0. The van der Waals surface area contributed by atoms with E-state index < -0.39 is 24.5 Å².